The molecule has 156 valence electrons. The van der Waals surface area contributed by atoms with Gasteiger partial charge < -0.3 is 10.1 Å². The summed E-state index contributed by atoms with van der Waals surface area (Å²) in [6.07, 6.45) is 0. The number of rotatable bonds is 6. The molecule has 1 saturated heterocycles. The van der Waals surface area contributed by atoms with Crippen LogP contribution in [0.1, 0.15) is 47.6 Å². The summed E-state index contributed by atoms with van der Waals surface area (Å²) < 4.78 is 5.45. The molecule has 2 heterocycles. The van der Waals surface area contributed by atoms with Gasteiger partial charge in [0.1, 0.15) is 0 Å². The Morgan fingerprint density at radius 2 is 2.03 bits per heavy atom. The predicted octanol–water partition coefficient (Wildman–Crippen LogP) is 3.76. The Morgan fingerprint density at radius 3 is 2.62 bits per heavy atom. The smallest absolute Gasteiger partial charge is 0.273 e. The van der Waals surface area contributed by atoms with E-state index in [1.165, 1.54) is 10.9 Å². The van der Waals surface area contributed by atoms with Crippen LogP contribution in [0.4, 0.5) is 5.69 Å². The minimum Gasteiger partial charge on any atom is -0.379 e. The molecule has 1 aliphatic heterocycles. The van der Waals surface area contributed by atoms with E-state index in [4.69, 9.17) is 4.74 Å². The van der Waals surface area contributed by atoms with E-state index in [1.807, 2.05) is 32.2 Å². The second kappa shape index (κ2) is 9.02. The van der Waals surface area contributed by atoms with Gasteiger partial charge in [-0.15, -0.1) is 11.3 Å². The lowest BCUT2D eigenvalue weighted by Gasteiger charge is -2.34. The predicted molar refractivity (Wildman–Crippen MR) is 114 cm³/mol. The molecule has 1 aliphatic rings. The van der Waals surface area contributed by atoms with Gasteiger partial charge in [-0.2, -0.15) is 0 Å². The maximum Gasteiger partial charge on any atom is 0.273 e. The number of nitro benzene ring substituents is 1. The fourth-order valence-electron chi connectivity index (χ4n) is 3.53. The van der Waals surface area contributed by atoms with Crippen molar-refractivity contribution in [2.45, 2.75) is 32.2 Å². The zero-order valence-corrected chi connectivity index (χ0v) is 17.8. The molecule has 1 amide bonds. The van der Waals surface area contributed by atoms with E-state index < -0.39 is 4.92 Å². The van der Waals surface area contributed by atoms with E-state index in [0.717, 1.165) is 13.1 Å². The lowest BCUT2D eigenvalue weighted by Crippen LogP contribution is -2.43. The molecular formula is C21H27N3O4S. The Bertz CT molecular complexity index is 855. The van der Waals surface area contributed by atoms with Gasteiger partial charge in [0.25, 0.3) is 11.6 Å². The Morgan fingerprint density at radius 1 is 1.31 bits per heavy atom. The molecule has 0 radical (unpaired) electrons. The first-order valence-electron chi connectivity index (χ1n) is 9.69. The minimum atomic E-state index is -0.417. The Labute approximate surface area is 174 Å². The van der Waals surface area contributed by atoms with Crippen LogP contribution in [-0.2, 0) is 10.2 Å². The Balaban J connectivity index is 1.76. The number of hydrogen-bond donors (Lipinski definition) is 1. The fourth-order valence-corrected chi connectivity index (χ4v) is 4.39. The van der Waals surface area contributed by atoms with Crippen molar-refractivity contribution in [1.29, 1.82) is 0 Å². The topological polar surface area (TPSA) is 84.7 Å². The van der Waals surface area contributed by atoms with Gasteiger partial charge in [-0.1, -0.05) is 32.9 Å². The first kappa shape index (κ1) is 21.4. The summed E-state index contributed by atoms with van der Waals surface area (Å²) in [5, 5.41) is 16.5. The van der Waals surface area contributed by atoms with Crippen molar-refractivity contribution < 1.29 is 14.5 Å². The SMILES string of the molecule is CC(C)(C)c1ccc(C(=O)NCC(c2cccs2)N2CCOCC2)cc1[N+](=O)[O-]. The number of nitrogens with one attached hydrogen (secondary N) is 1. The summed E-state index contributed by atoms with van der Waals surface area (Å²) in [5.74, 6) is -0.302. The van der Waals surface area contributed by atoms with Gasteiger partial charge in [0.15, 0.2) is 0 Å². The van der Waals surface area contributed by atoms with Crippen LogP contribution in [0, 0.1) is 10.1 Å². The summed E-state index contributed by atoms with van der Waals surface area (Å²) in [6.45, 7) is 9.17. The molecule has 1 aromatic heterocycles. The number of nitro groups is 1. The second-order valence-electron chi connectivity index (χ2n) is 8.13. The number of carbonyl (C=O) groups excluding carboxylic acids is 1. The van der Waals surface area contributed by atoms with Gasteiger partial charge in [-0.3, -0.25) is 19.8 Å². The van der Waals surface area contributed by atoms with Crippen LogP contribution >= 0.6 is 11.3 Å². The highest BCUT2D eigenvalue weighted by molar-refractivity contribution is 7.10. The minimum absolute atomic E-state index is 0.0202. The molecule has 29 heavy (non-hydrogen) atoms. The summed E-state index contributed by atoms with van der Waals surface area (Å²) in [4.78, 5) is 27.4. The van der Waals surface area contributed by atoms with Gasteiger partial charge in [-0.05, 0) is 22.9 Å². The lowest BCUT2D eigenvalue weighted by atomic mass is 9.85. The largest absolute Gasteiger partial charge is 0.379 e. The average molecular weight is 418 g/mol. The van der Waals surface area contributed by atoms with Gasteiger partial charge in [0, 0.05) is 41.7 Å². The molecule has 1 N–H and O–H groups in total. The number of morpholine rings is 1. The number of nitrogens with zero attached hydrogens (tertiary/aromatic N) is 2. The van der Waals surface area contributed by atoms with E-state index in [2.05, 4.69) is 16.3 Å². The quantitative estimate of drug-likeness (QED) is 0.571. The van der Waals surface area contributed by atoms with Gasteiger partial charge >= 0.3 is 0 Å². The highest BCUT2D eigenvalue weighted by Gasteiger charge is 2.27. The first-order chi connectivity index (χ1) is 13.8. The van der Waals surface area contributed by atoms with Crippen molar-refractivity contribution in [3.05, 3.63) is 61.8 Å². The Kier molecular flexibility index (Phi) is 6.66. The summed E-state index contributed by atoms with van der Waals surface area (Å²) in [5.41, 5.74) is 0.520. The molecule has 1 aromatic carbocycles. The monoisotopic (exact) mass is 417 g/mol. The number of thiophene rings is 1. The zero-order valence-electron chi connectivity index (χ0n) is 17.0. The number of carbonyl (C=O) groups is 1. The van der Waals surface area contributed by atoms with Crippen molar-refractivity contribution in [3.8, 4) is 0 Å². The number of hydrogen-bond acceptors (Lipinski definition) is 6. The zero-order chi connectivity index (χ0) is 21.0. The van der Waals surface area contributed by atoms with E-state index in [0.29, 0.717) is 30.9 Å². The van der Waals surface area contributed by atoms with Crippen LogP contribution in [0.25, 0.3) is 0 Å². The molecule has 3 rings (SSSR count). The van der Waals surface area contributed by atoms with Crippen LogP contribution in [0.3, 0.4) is 0 Å². The van der Waals surface area contributed by atoms with Gasteiger partial charge in [0.05, 0.1) is 24.2 Å². The van der Waals surface area contributed by atoms with Crippen molar-refractivity contribution in [2.75, 3.05) is 32.8 Å². The summed E-state index contributed by atoms with van der Waals surface area (Å²) >= 11 is 1.66. The lowest BCUT2D eigenvalue weighted by molar-refractivity contribution is -0.386. The van der Waals surface area contributed by atoms with Crippen LogP contribution in [-0.4, -0.2) is 48.6 Å². The molecule has 1 atom stereocenters. The first-order valence-corrected chi connectivity index (χ1v) is 10.6. The molecule has 8 heteroatoms. The third-order valence-electron chi connectivity index (χ3n) is 5.08. The van der Waals surface area contributed by atoms with E-state index in [9.17, 15) is 14.9 Å². The van der Waals surface area contributed by atoms with Gasteiger partial charge in [0.2, 0.25) is 0 Å². The third-order valence-corrected chi connectivity index (χ3v) is 6.05. The van der Waals surface area contributed by atoms with Crippen molar-refractivity contribution in [3.63, 3.8) is 0 Å². The highest BCUT2D eigenvalue weighted by Crippen LogP contribution is 2.32. The van der Waals surface area contributed by atoms with Gasteiger partial charge in [-0.25, -0.2) is 0 Å². The molecule has 7 nitrogen and oxygen atoms in total. The van der Waals surface area contributed by atoms with Crippen LogP contribution in [0.15, 0.2) is 35.7 Å². The molecular weight excluding hydrogens is 390 g/mol. The van der Waals surface area contributed by atoms with Crippen molar-refractivity contribution >= 4 is 22.9 Å². The Hall–Kier alpha value is -2.29. The fraction of sp³-hybridized carbons (Fsp3) is 0.476. The average Bonchev–Trinajstić information content (AvgIpc) is 3.22. The molecule has 2 aromatic rings. The molecule has 0 bridgehead atoms. The van der Waals surface area contributed by atoms with Crippen LogP contribution < -0.4 is 5.32 Å². The van der Waals surface area contributed by atoms with E-state index in [-0.39, 0.29) is 23.1 Å². The van der Waals surface area contributed by atoms with Crippen molar-refractivity contribution in [1.82, 2.24) is 10.2 Å². The molecule has 0 aliphatic carbocycles. The molecule has 1 unspecified atom stereocenters. The number of benzene rings is 1. The van der Waals surface area contributed by atoms with Crippen LogP contribution in [0.5, 0.6) is 0 Å². The maximum absolute atomic E-state index is 12.8. The molecule has 0 saturated carbocycles. The second-order valence-corrected chi connectivity index (χ2v) is 9.11. The van der Waals surface area contributed by atoms with Crippen LogP contribution in [0.2, 0.25) is 0 Å². The van der Waals surface area contributed by atoms with E-state index in [1.54, 1.807) is 23.5 Å². The normalized spacial score (nSPS) is 16.4. The number of ether oxygens (including phenoxy) is 1. The maximum atomic E-state index is 12.8. The van der Waals surface area contributed by atoms with E-state index >= 15 is 0 Å². The summed E-state index contributed by atoms with van der Waals surface area (Å²) in [6, 6.07) is 8.87. The molecule has 0 spiro atoms. The number of amides is 1. The molecule has 1 fully saturated rings. The standard InChI is InChI=1S/C21H27N3O4S/c1-21(2,3)16-7-6-15(13-17(16)24(26)27)20(25)22-14-18(19-5-4-12-29-19)23-8-10-28-11-9-23/h4-7,12-13,18H,8-11,14H2,1-3H3,(H,22,25). The van der Waals surface area contributed by atoms with Crippen molar-refractivity contribution in [2.24, 2.45) is 0 Å². The third kappa shape index (κ3) is 5.20. The summed E-state index contributed by atoms with van der Waals surface area (Å²) in [7, 11) is 0. The highest BCUT2D eigenvalue weighted by atomic mass is 32.1.